The highest BCUT2D eigenvalue weighted by Gasteiger charge is 2.30. The number of thiazole rings is 1. The van der Waals surface area contributed by atoms with E-state index in [0.717, 1.165) is 18.0 Å². The summed E-state index contributed by atoms with van der Waals surface area (Å²) in [4.78, 5) is 16.9. The van der Waals surface area contributed by atoms with Crippen LogP contribution >= 0.6 is 11.3 Å². The number of amides is 1. The van der Waals surface area contributed by atoms with E-state index >= 15 is 0 Å². The lowest BCUT2D eigenvalue weighted by Gasteiger charge is -2.14. The van der Waals surface area contributed by atoms with Crippen LogP contribution in [-0.2, 0) is 10.2 Å². The van der Waals surface area contributed by atoms with Crippen molar-refractivity contribution in [3.8, 4) is 0 Å². The first-order valence-corrected chi connectivity index (χ1v) is 6.05. The Kier molecular flexibility index (Phi) is 2.54. The average molecular weight is 224 g/mol. The summed E-state index contributed by atoms with van der Waals surface area (Å²) in [5.74, 6) is 0.372. The predicted molar refractivity (Wildman–Crippen MR) is 62.2 cm³/mol. The molecule has 0 atom stereocenters. The Balaban J connectivity index is 2.03. The van der Waals surface area contributed by atoms with Gasteiger partial charge in [-0.3, -0.25) is 4.79 Å². The van der Waals surface area contributed by atoms with Crippen LogP contribution in [0.25, 0.3) is 0 Å². The van der Waals surface area contributed by atoms with E-state index in [0.29, 0.717) is 0 Å². The van der Waals surface area contributed by atoms with Crippen molar-refractivity contribution in [3.05, 3.63) is 11.1 Å². The smallest absolute Gasteiger partial charge is 0.229 e. The zero-order valence-electron chi connectivity index (χ0n) is 9.33. The Labute approximate surface area is 93.9 Å². The van der Waals surface area contributed by atoms with E-state index in [9.17, 15) is 4.79 Å². The summed E-state index contributed by atoms with van der Waals surface area (Å²) in [7, 11) is 0. The van der Waals surface area contributed by atoms with Crippen molar-refractivity contribution in [2.45, 2.75) is 39.0 Å². The molecule has 1 N–H and O–H groups in total. The van der Waals surface area contributed by atoms with Gasteiger partial charge in [-0.1, -0.05) is 20.8 Å². The third kappa shape index (κ3) is 2.56. The summed E-state index contributed by atoms with van der Waals surface area (Å²) in [5, 5.41) is 3.60. The van der Waals surface area contributed by atoms with Crippen LogP contribution < -0.4 is 5.32 Å². The SMILES string of the molecule is CC(C)(C)c1cnc(NC(=O)C2CC2)s1. The van der Waals surface area contributed by atoms with E-state index in [1.165, 1.54) is 4.88 Å². The van der Waals surface area contributed by atoms with Crippen molar-refractivity contribution in [1.82, 2.24) is 4.98 Å². The lowest BCUT2D eigenvalue weighted by atomic mass is 9.96. The maximum absolute atomic E-state index is 11.5. The number of hydrogen-bond acceptors (Lipinski definition) is 3. The van der Waals surface area contributed by atoms with E-state index in [1.807, 2.05) is 6.20 Å². The first-order valence-electron chi connectivity index (χ1n) is 5.24. The van der Waals surface area contributed by atoms with Crippen LogP contribution in [0.15, 0.2) is 6.20 Å². The van der Waals surface area contributed by atoms with Crippen molar-refractivity contribution in [1.29, 1.82) is 0 Å². The van der Waals surface area contributed by atoms with E-state index in [4.69, 9.17) is 0 Å². The molecule has 4 heteroatoms. The summed E-state index contributed by atoms with van der Waals surface area (Å²) in [5.41, 5.74) is 0.111. The molecular weight excluding hydrogens is 208 g/mol. The Hall–Kier alpha value is -0.900. The lowest BCUT2D eigenvalue weighted by Crippen LogP contribution is -2.12. The second-order valence-electron chi connectivity index (χ2n) is 5.04. The normalized spacial score (nSPS) is 16.5. The number of aromatic nitrogens is 1. The molecule has 1 fully saturated rings. The molecule has 2 rings (SSSR count). The van der Waals surface area contributed by atoms with Crippen LogP contribution in [0.3, 0.4) is 0 Å². The molecule has 0 saturated heterocycles. The average Bonchev–Trinajstić information content (AvgIpc) is 2.86. The van der Waals surface area contributed by atoms with Gasteiger partial charge in [0, 0.05) is 17.0 Å². The van der Waals surface area contributed by atoms with Crippen LogP contribution in [0.2, 0.25) is 0 Å². The fourth-order valence-electron chi connectivity index (χ4n) is 1.23. The zero-order valence-corrected chi connectivity index (χ0v) is 10.1. The third-order valence-corrected chi connectivity index (χ3v) is 3.76. The van der Waals surface area contributed by atoms with Gasteiger partial charge < -0.3 is 5.32 Å². The number of carbonyl (C=O) groups is 1. The molecule has 1 aromatic rings. The first-order chi connectivity index (χ1) is 6.97. The molecule has 1 heterocycles. The van der Waals surface area contributed by atoms with Crippen molar-refractivity contribution in [2.75, 3.05) is 5.32 Å². The minimum absolute atomic E-state index is 0.111. The number of nitrogens with one attached hydrogen (secondary N) is 1. The van der Waals surface area contributed by atoms with E-state index in [1.54, 1.807) is 11.3 Å². The molecule has 0 radical (unpaired) electrons. The maximum atomic E-state index is 11.5. The predicted octanol–water partition coefficient (Wildman–Crippen LogP) is 2.79. The number of rotatable bonds is 2. The van der Waals surface area contributed by atoms with Gasteiger partial charge in [0.05, 0.1) is 0 Å². The van der Waals surface area contributed by atoms with E-state index in [2.05, 4.69) is 31.1 Å². The second-order valence-corrected chi connectivity index (χ2v) is 6.07. The van der Waals surface area contributed by atoms with E-state index in [-0.39, 0.29) is 17.2 Å². The molecule has 0 unspecified atom stereocenters. The molecule has 1 aromatic heterocycles. The van der Waals surface area contributed by atoms with Crippen molar-refractivity contribution < 1.29 is 4.79 Å². The van der Waals surface area contributed by atoms with Crippen molar-refractivity contribution >= 4 is 22.4 Å². The summed E-state index contributed by atoms with van der Waals surface area (Å²) >= 11 is 1.57. The van der Waals surface area contributed by atoms with Gasteiger partial charge >= 0.3 is 0 Å². The van der Waals surface area contributed by atoms with Gasteiger partial charge in [-0.2, -0.15) is 0 Å². The largest absolute Gasteiger partial charge is 0.302 e. The number of nitrogens with zero attached hydrogens (tertiary/aromatic N) is 1. The molecule has 1 aliphatic carbocycles. The van der Waals surface area contributed by atoms with Gasteiger partial charge in [0.25, 0.3) is 0 Å². The minimum Gasteiger partial charge on any atom is -0.302 e. The standard InChI is InChI=1S/C11H16N2OS/c1-11(2,3)8-6-12-10(15-8)13-9(14)7-4-5-7/h6-7H,4-5H2,1-3H3,(H,12,13,14). The molecule has 3 nitrogen and oxygen atoms in total. The fourth-order valence-corrected chi connectivity index (χ4v) is 2.11. The Morgan fingerprint density at radius 3 is 2.67 bits per heavy atom. The molecule has 1 saturated carbocycles. The molecule has 15 heavy (non-hydrogen) atoms. The van der Waals surface area contributed by atoms with E-state index < -0.39 is 0 Å². The molecule has 0 aromatic carbocycles. The van der Waals surface area contributed by atoms with Crippen LogP contribution in [0.5, 0.6) is 0 Å². The summed E-state index contributed by atoms with van der Waals surface area (Å²) in [6.07, 6.45) is 3.92. The van der Waals surface area contributed by atoms with Gasteiger partial charge in [-0.05, 0) is 18.3 Å². The van der Waals surface area contributed by atoms with Crippen LogP contribution in [0, 0.1) is 5.92 Å². The van der Waals surface area contributed by atoms with Crippen LogP contribution in [0.4, 0.5) is 5.13 Å². The van der Waals surface area contributed by atoms with Crippen LogP contribution in [0.1, 0.15) is 38.5 Å². The van der Waals surface area contributed by atoms with Gasteiger partial charge in [0.1, 0.15) is 0 Å². The molecule has 0 bridgehead atoms. The molecular formula is C11H16N2OS. The quantitative estimate of drug-likeness (QED) is 0.839. The second kappa shape index (κ2) is 3.59. The topological polar surface area (TPSA) is 42.0 Å². The van der Waals surface area contributed by atoms with Crippen LogP contribution in [-0.4, -0.2) is 10.9 Å². The highest BCUT2D eigenvalue weighted by atomic mass is 32.1. The number of carbonyl (C=O) groups excluding carboxylic acids is 1. The fraction of sp³-hybridized carbons (Fsp3) is 0.636. The molecule has 0 spiro atoms. The highest BCUT2D eigenvalue weighted by molar-refractivity contribution is 7.15. The number of hydrogen-bond donors (Lipinski definition) is 1. The summed E-state index contributed by atoms with van der Waals surface area (Å²) in [6, 6.07) is 0. The molecule has 1 aliphatic rings. The van der Waals surface area contributed by atoms with Gasteiger partial charge in [-0.25, -0.2) is 4.98 Å². The summed E-state index contributed by atoms with van der Waals surface area (Å²) < 4.78 is 0. The van der Waals surface area contributed by atoms with Gasteiger partial charge in [0.2, 0.25) is 5.91 Å². The Bertz CT molecular complexity index is 374. The van der Waals surface area contributed by atoms with Crippen molar-refractivity contribution in [3.63, 3.8) is 0 Å². The summed E-state index contributed by atoms with van der Waals surface area (Å²) in [6.45, 7) is 6.44. The Morgan fingerprint density at radius 2 is 2.20 bits per heavy atom. The molecule has 1 amide bonds. The molecule has 0 aliphatic heterocycles. The third-order valence-electron chi connectivity index (χ3n) is 2.42. The lowest BCUT2D eigenvalue weighted by molar-refractivity contribution is -0.117. The van der Waals surface area contributed by atoms with Crippen molar-refractivity contribution in [2.24, 2.45) is 5.92 Å². The Morgan fingerprint density at radius 1 is 1.53 bits per heavy atom. The van der Waals surface area contributed by atoms with Gasteiger partial charge in [0.15, 0.2) is 5.13 Å². The highest BCUT2D eigenvalue weighted by Crippen LogP contribution is 2.33. The van der Waals surface area contributed by atoms with Gasteiger partial charge in [-0.15, -0.1) is 11.3 Å². The monoisotopic (exact) mass is 224 g/mol. The zero-order chi connectivity index (χ0) is 11.1. The minimum atomic E-state index is 0.111. The maximum Gasteiger partial charge on any atom is 0.229 e. The number of anilines is 1. The first kappa shape index (κ1) is 10.6. The molecule has 82 valence electrons.